The van der Waals surface area contributed by atoms with Crippen LogP contribution in [0.2, 0.25) is 5.02 Å². The minimum Gasteiger partial charge on any atom is -0.481 e. The van der Waals surface area contributed by atoms with Gasteiger partial charge >= 0.3 is 5.97 Å². The molecular formula is C17H17ClFNO4. The molecule has 128 valence electrons. The third-order valence-corrected chi connectivity index (χ3v) is 3.90. The van der Waals surface area contributed by atoms with E-state index >= 15 is 0 Å². The Balaban J connectivity index is 2.25. The van der Waals surface area contributed by atoms with E-state index in [0.717, 1.165) is 11.6 Å². The highest BCUT2D eigenvalue weighted by Gasteiger charge is 2.22. The zero-order chi connectivity index (χ0) is 17.9. The van der Waals surface area contributed by atoms with Crippen molar-refractivity contribution in [2.75, 3.05) is 0 Å². The average Bonchev–Trinajstić information content (AvgIpc) is 2.90. The van der Waals surface area contributed by atoms with Crippen LogP contribution in [-0.2, 0) is 11.2 Å². The van der Waals surface area contributed by atoms with Gasteiger partial charge < -0.3 is 14.8 Å². The van der Waals surface area contributed by atoms with Crippen LogP contribution in [0.1, 0.15) is 46.8 Å². The van der Waals surface area contributed by atoms with Crippen molar-refractivity contribution in [1.82, 2.24) is 5.32 Å². The van der Waals surface area contributed by atoms with Crippen molar-refractivity contribution in [3.8, 4) is 0 Å². The predicted octanol–water partition coefficient (Wildman–Crippen LogP) is 3.89. The van der Waals surface area contributed by atoms with E-state index in [4.69, 9.17) is 21.1 Å². The van der Waals surface area contributed by atoms with Gasteiger partial charge in [-0.3, -0.25) is 9.59 Å². The van der Waals surface area contributed by atoms with Crippen molar-refractivity contribution >= 4 is 23.5 Å². The Morgan fingerprint density at radius 2 is 2.08 bits per heavy atom. The number of halogens is 2. The summed E-state index contributed by atoms with van der Waals surface area (Å²) in [5.41, 5.74) is 1.15. The Kier molecular flexibility index (Phi) is 5.62. The fourth-order valence-electron chi connectivity index (χ4n) is 2.37. The van der Waals surface area contributed by atoms with E-state index in [9.17, 15) is 14.0 Å². The van der Waals surface area contributed by atoms with Gasteiger partial charge in [0.15, 0.2) is 5.76 Å². The molecule has 1 heterocycles. The van der Waals surface area contributed by atoms with Crippen LogP contribution < -0.4 is 5.32 Å². The van der Waals surface area contributed by atoms with Crippen molar-refractivity contribution in [3.63, 3.8) is 0 Å². The lowest BCUT2D eigenvalue weighted by Crippen LogP contribution is -2.30. The zero-order valence-corrected chi connectivity index (χ0v) is 14.0. The van der Waals surface area contributed by atoms with Crippen LogP contribution in [0.4, 0.5) is 4.39 Å². The van der Waals surface area contributed by atoms with E-state index in [1.165, 1.54) is 12.1 Å². The summed E-state index contributed by atoms with van der Waals surface area (Å²) in [5.74, 6) is -1.58. The average molecular weight is 354 g/mol. The number of carbonyl (C=O) groups excluding carboxylic acids is 1. The summed E-state index contributed by atoms with van der Waals surface area (Å²) in [4.78, 5) is 23.4. The second kappa shape index (κ2) is 7.49. The minimum atomic E-state index is -1.12. The molecule has 1 aromatic carbocycles. The summed E-state index contributed by atoms with van der Waals surface area (Å²) in [7, 11) is 0. The minimum absolute atomic E-state index is 0.0756. The Bertz CT molecular complexity index is 772. The van der Waals surface area contributed by atoms with E-state index in [-0.39, 0.29) is 10.8 Å². The molecule has 7 heteroatoms. The first kappa shape index (κ1) is 18.0. The number of aliphatic carboxylic acids is 1. The number of hydrogen-bond acceptors (Lipinski definition) is 3. The molecule has 1 aromatic heterocycles. The maximum absolute atomic E-state index is 13.6. The van der Waals surface area contributed by atoms with Gasteiger partial charge in [0.2, 0.25) is 0 Å². The number of carbonyl (C=O) groups is 2. The fraction of sp³-hybridized carbons (Fsp3) is 0.294. The van der Waals surface area contributed by atoms with Gasteiger partial charge in [0.05, 0.1) is 17.5 Å². The first-order valence-electron chi connectivity index (χ1n) is 7.38. The smallest absolute Gasteiger partial charge is 0.305 e. The molecule has 2 N–H and O–H groups in total. The molecule has 2 rings (SSSR count). The number of rotatable bonds is 6. The Hall–Kier alpha value is -2.34. The summed E-state index contributed by atoms with van der Waals surface area (Å²) >= 11 is 5.64. The summed E-state index contributed by atoms with van der Waals surface area (Å²) in [6.45, 7) is 3.72. The number of nitrogens with one attached hydrogen (secondary N) is 1. The van der Waals surface area contributed by atoms with Crippen molar-refractivity contribution < 1.29 is 23.5 Å². The van der Waals surface area contributed by atoms with Gasteiger partial charge in [0, 0.05) is 6.42 Å². The molecule has 1 atom stereocenters. The molecule has 0 radical (unpaired) electrons. The summed E-state index contributed by atoms with van der Waals surface area (Å²) in [6.07, 6.45) is 0.243. The lowest BCUT2D eigenvalue weighted by molar-refractivity contribution is -0.137. The number of aryl methyl sites for hydroxylation is 2. The molecule has 0 spiro atoms. The SMILES string of the molecule is CCc1oc(C(=O)NC(CC(=O)O)c2ccc(Cl)c(F)c2)cc1C. The Morgan fingerprint density at radius 1 is 1.38 bits per heavy atom. The fourth-order valence-corrected chi connectivity index (χ4v) is 2.49. The molecule has 0 aliphatic carbocycles. The van der Waals surface area contributed by atoms with Crippen molar-refractivity contribution in [2.24, 2.45) is 0 Å². The normalized spacial score (nSPS) is 12.0. The topological polar surface area (TPSA) is 79.5 Å². The first-order valence-corrected chi connectivity index (χ1v) is 7.76. The number of carboxylic acid groups (broad SMARTS) is 1. The maximum Gasteiger partial charge on any atom is 0.305 e. The zero-order valence-electron chi connectivity index (χ0n) is 13.2. The highest BCUT2D eigenvalue weighted by molar-refractivity contribution is 6.30. The third-order valence-electron chi connectivity index (χ3n) is 3.60. The van der Waals surface area contributed by atoms with Gasteiger partial charge in [-0.05, 0) is 36.2 Å². The summed E-state index contributed by atoms with van der Waals surface area (Å²) < 4.78 is 19.1. The molecular weight excluding hydrogens is 337 g/mol. The van der Waals surface area contributed by atoms with Crippen LogP contribution in [-0.4, -0.2) is 17.0 Å². The van der Waals surface area contributed by atoms with Gasteiger partial charge in [-0.25, -0.2) is 4.39 Å². The molecule has 0 saturated heterocycles. The van der Waals surface area contributed by atoms with Gasteiger partial charge in [-0.1, -0.05) is 24.6 Å². The third kappa shape index (κ3) is 4.14. The van der Waals surface area contributed by atoms with Crippen molar-refractivity contribution in [3.05, 3.63) is 57.8 Å². The number of carboxylic acids is 1. The highest BCUT2D eigenvalue weighted by Crippen LogP contribution is 2.23. The second-order valence-electron chi connectivity index (χ2n) is 5.37. The predicted molar refractivity (Wildman–Crippen MR) is 86.7 cm³/mol. The van der Waals surface area contributed by atoms with E-state index in [1.54, 1.807) is 6.07 Å². The molecule has 5 nitrogen and oxygen atoms in total. The van der Waals surface area contributed by atoms with Crippen LogP contribution in [0.25, 0.3) is 0 Å². The largest absolute Gasteiger partial charge is 0.481 e. The number of furan rings is 1. The maximum atomic E-state index is 13.6. The quantitative estimate of drug-likeness (QED) is 0.825. The van der Waals surface area contributed by atoms with Crippen LogP contribution in [0.15, 0.2) is 28.7 Å². The Morgan fingerprint density at radius 3 is 2.62 bits per heavy atom. The number of hydrogen-bond donors (Lipinski definition) is 2. The lowest BCUT2D eigenvalue weighted by Gasteiger charge is -2.17. The van der Waals surface area contributed by atoms with E-state index in [2.05, 4.69) is 5.32 Å². The number of benzene rings is 1. The molecule has 0 aliphatic rings. The molecule has 0 fully saturated rings. The number of amides is 1. The van der Waals surface area contributed by atoms with E-state index < -0.39 is 30.2 Å². The Labute approximate surface area is 143 Å². The summed E-state index contributed by atoms with van der Waals surface area (Å²) in [6, 6.07) is 4.59. The van der Waals surface area contributed by atoms with Crippen molar-refractivity contribution in [2.45, 2.75) is 32.7 Å². The van der Waals surface area contributed by atoms with Gasteiger partial charge in [-0.15, -0.1) is 0 Å². The monoisotopic (exact) mass is 353 g/mol. The molecule has 24 heavy (non-hydrogen) atoms. The molecule has 0 saturated carbocycles. The molecule has 1 amide bonds. The highest BCUT2D eigenvalue weighted by atomic mass is 35.5. The van der Waals surface area contributed by atoms with E-state index in [0.29, 0.717) is 17.7 Å². The van der Waals surface area contributed by atoms with Crippen LogP contribution in [0.3, 0.4) is 0 Å². The first-order chi connectivity index (χ1) is 11.3. The molecule has 0 bridgehead atoms. The molecule has 1 unspecified atom stereocenters. The van der Waals surface area contributed by atoms with Gasteiger partial charge in [0.25, 0.3) is 5.91 Å². The lowest BCUT2D eigenvalue weighted by atomic mass is 10.0. The molecule has 0 aliphatic heterocycles. The van der Waals surface area contributed by atoms with Gasteiger partial charge in [-0.2, -0.15) is 0 Å². The van der Waals surface area contributed by atoms with E-state index in [1.807, 2.05) is 13.8 Å². The van der Waals surface area contributed by atoms with Crippen LogP contribution >= 0.6 is 11.6 Å². The molecule has 2 aromatic rings. The summed E-state index contributed by atoms with van der Waals surface area (Å²) in [5, 5.41) is 11.5. The van der Waals surface area contributed by atoms with Gasteiger partial charge in [0.1, 0.15) is 11.6 Å². The van der Waals surface area contributed by atoms with Crippen LogP contribution in [0.5, 0.6) is 0 Å². The van der Waals surface area contributed by atoms with Crippen LogP contribution in [0, 0.1) is 12.7 Å². The standard InChI is InChI=1S/C17H17ClFNO4/c1-3-14-9(2)6-15(24-14)17(23)20-13(8-16(21)22)10-4-5-11(18)12(19)7-10/h4-7,13H,3,8H2,1-2H3,(H,20,23)(H,21,22). The second-order valence-corrected chi connectivity index (χ2v) is 5.78. The van der Waals surface area contributed by atoms with Crippen molar-refractivity contribution in [1.29, 1.82) is 0 Å².